The Morgan fingerprint density at radius 3 is 2.70 bits per heavy atom. The maximum Gasteiger partial charge on any atom is 0.326 e. The minimum absolute atomic E-state index is 0.0952. The Morgan fingerprint density at radius 1 is 1.50 bits per heavy atom. The molecule has 0 saturated carbocycles. The molecule has 6 heteroatoms. The molecule has 1 rings (SSSR count). The number of hydrogen-bond acceptors (Lipinski definition) is 3. The van der Waals surface area contributed by atoms with Gasteiger partial charge in [-0.15, -0.1) is 11.3 Å². The van der Waals surface area contributed by atoms with Crippen molar-refractivity contribution >= 4 is 23.3 Å². The largest absolute Gasteiger partial charge is 0.480 e. The van der Waals surface area contributed by atoms with Crippen LogP contribution in [-0.2, 0) is 11.2 Å². The molecule has 0 fully saturated rings. The number of aliphatic carboxylic acids is 1. The lowest BCUT2D eigenvalue weighted by molar-refractivity contribution is -0.140. The molecule has 1 aromatic heterocycles. The number of carboxylic acid groups (broad SMARTS) is 1. The van der Waals surface area contributed by atoms with Gasteiger partial charge in [-0.25, -0.2) is 9.59 Å². The predicted octanol–water partition coefficient (Wildman–Crippen LogP) is 2.43. The summed E-state index contributed by atoms with van der Waals surface area (Å²) in [4.78, 5) is 25.9. The van der Waals surface area contributed by atoms with E-state index in [4.69, 9.17) is 5.11 Å². The van der Waals surface area contributed by atoms with Crippen molar-refractivity contribution in [1.29, 1.82) is 0 Å². The van der Waals surface area contributed by atoms with E-state index in [1.807, 2.05) is 31.4 Å². The van der Waals surface area contributed by atoms with Gasteiger partial charge in [0.25, 0.3) is 0 Å². The van der Waals surface area contributed by atoms with Gasteiger partial charge >= 0.3 is 12.0 Å². The fraction of sp³-hybridized carbons (Fsp3) is 0.571. The number of carboxylic acids is 1. The van der Waals surface area contributed by atoms with E-state index < -0.39 is 12.0 Å². The SMILES string of the molecule is CCC(C)C(NC(=O)N(C)CCc1cccs1)C(=O)O. The molecule has 20 heavy (non-hydrogen) atoms. The highest BCUT2D eigenvalue weighted by atomic mass is 32.1. The first-order chi connectivity index (χ1) is 9.45. The number of hydrogen-bond donors (Lipinski definition) is 2. The lowest BCUT2D eigenvalue weighted by atomic mass is 9.99. The van der Waals surface area contributed by atoms with E-state index in [1.54, 1.807) is 18.4 Å². The normalized spacial score (nSPS) is 13.6. The number of thiophene rings is 1. The second-order valence-electron chi connectivity index (χ2n) is 4.90. The number of carbonyl (C=O) groups excluding carboxylic acids is 1. The van der Waals surface area contributed by atoms with E-state index in [9.17, 15) is 9.59 Å². The molecule has 0 saturated heterocycles. The van der Waals surface area contributed by atoms with Crippen LogP contribution in [0.2, 0.25) is 0 Å². The molecule has 2 N–H and O–H groups in total. The minimum atomic E-state index is -0.987. The van der Waals surface area contributed by atoms with E-state index in [1.165, 1.54) is 9.78 Å². The van der Waals surface area contributed by atoms with Crippen molar-refractivity contribution in [3.63, 3.8) is 0 Å². The lowest BCUT2D eigenvalue weighted by Crippen LogP contribution is -2.49. The number of nitrogens with one attached hydrogen (secondary N) is 1. The highest BCUT2D eigenvalue weighted by molar-refractivity contribution is 7.09. The molecule has 0 aliphatic carbocycles. The van der Waals surface area contributed by atoms with Crippen LogP contribution < -0.4 is 5.32 Å². The molecule has 2 atom stereocenters. The van der Waals surface area contributed by atoms with Gasteiger partial charge in [0.05, 0.1) is 0 Å². The maximum absolute atomic E-state index is 12.0. The van der Waals surface area contributed by atoms with Crippen molar-refractivity contribution in [2.24, 2.45) is 5.92 Å². The van der Waals surface area contributed by atoms with Gasteiger partial charge < -0.3 is 15.3 Å². The molecule has 112 valence electrons. The molecule has 0 bridgehead atoms. The van der Waals surface area contributed by atoms with Crippen LogP contribution in [0.25, 0.3) is 0 Å². The third-order valence-electron chi connectivity index (χ3n) is 3.38. The van der Waals surface area contributed by atoms with Crippen LogP contribution in [0.1, 0.15) is 25.1 Å². The standard InChI is InChI=1S/C14H22N2O3S/c1-4-10(2)12(13(17)18)15-14(19)16(3)8-7-11-6-5-9-20-11/h5-6,9-10,12H,4,7-8H2,1-3H3,(H,15,19)(H,17,18). The summed E-state index contributed by atoms with van der Waals surface area (Å²) >= 11 is 1.65. The summed E-state index contributed by atoms with van der Waals surface area (Å²) in [5, 5.41) is 13.7. The van der Waals surface area contributed by atoms with Gasteiger partial charge in [0.2, 0.25) is 0 Å². The van der Waals surface area contributed by atoms with E-state index >= 15 is 0 Å². The fourth-order valence-corrected chi connectivity index (χ4v) is 2.46. The van der Waals surface area contributed by atoms with E-state index in [0.29, 0.717) is 13.0 Å². The van der Waals surface area contributed by atoms with Crippen LogP contribution in [0.4, 0.5) is 4.79 Å². The summed E-state index contributed by atoms with van der Waals surface area (Å²) in [5.74, 6) is -1.08. The second kappa shape index (κ2) is 7.89. The van der Waals surface area contributed by atoms with Crippen LogP contribution in [-0.4, -0.2) is 41.6 Å². The number of carbonyl (C=O) groups is 2. The number of rotatable bonds is 7. The van der Waals surface area contributed by atoms with Crippen molar-refractivity contribution in [2.75, 3.05) is 13.6 Å². The topological polar surface area (TPSA) is 69.6 Å². The second-order valence-corrected chi connectivity index (χ2v) is 5.93. The molecule has 0 radical (unpaired) electrons. The molecule has 1 heterocycles. The monoisotopic (exact) mass is 298 g/mol. The molecule has 5 nitrogen and oxygen atoms in total. The van der Waals surface area contributed by atoms with Crippen LogP contribution in [0.5, 0.6) is 0 Å². The van der Waals surface area contributed by atoms with Gasteiger partial charge in [0, 0.05) is 18.5 Å². The Morgan fingerprint density at radius 2 is 2.20 bits per heavy atom. The van der Waals surface area contributed by atoms with E-state index in [-0.39, 0.29) is 11.9 Å². The first-order valence-corrected chi connectivity index (χ1v) is 7.60. The first-order valence-electron chi connectivity index (χ1n) is 6.72. The highest BCUT2D eigenvalue weighted by Gasteiger charge is 2.26. The molecule has 2 unspecified atom stereocenters. The fourth-order valence-electron chi connectivity index (χ4n) is 1.76. The van der Waals surface area contributed by atoms with Gasteiger partial charge in [-0.2, -0.15) is 0 Å². The third kappa shape index (κ3) is 4.85. The zero-order valence-electron chi connectivity index (χ0n) is 12.1. The smallest absolute Gasteiger partial charge is 0.326 e. The highest BCUT2D eigenvalue weighted by Crippen LogP contribution is 2.10. The third-order valence-corrected chi connectivity index (χ3v) is 4.31. The van der Waals surface area contributed by atoms with Crippen LogP contribution in [0.3, 0.4) is 0 Å². The van der Waals surface area contributed by atoms with Crippen molar-refractivity contribution in [2.45, 2.75) is 32.7 Å². The summed E-state index contributed by atoms with van der Waals surface area (Å²) in [5.41, 5.74) is 0. The summed E-state index contributed by atoms with van der Waals surface area (Å²) in [6.07, 6.45) is 1.48. The molecular formula is C14H22N2O3S. The summed E-state index contributed by atoms with van der Waals surface area (Å²) in [7, 11) is 1.68. The first kappa shape index (κ1) is 16.5. The van der Waals surface area contributed by atoms with Crippen molar-refractivity contribution in [1.82, 2.24) is 10.2 Å². The van der Waals surface area contributed by atoms with Gasteiger partial charge in [-0.05, 0) is 23.8 Å². The number of urea groups is 1. The van der Waals surface area contributed by atoms with Crippen molar-refractivity contribution < 1.29 is 14.7 Å². The molecule has 0 aromatic carbocycles. The van der Waals surface area contributed by atoms with Gasteiger partial charge in [0.1, 0.15) is 6.04 Å². The number of likely N-dealkylation sites (N-methyl/N-ethyl adjacent to an activating group) is 1. The average molecular weight is 298 g/mol. The van der Waals surface area contributed by atoms with Gasteiger partial charge in [-0.1, -0.05) is 26.3 Å². The quantitative estimate of drug-likeness (QED) is 0.812. The van der Waals surface area contributed by atoms with Gasteiger partial charge in [-0.3, -0.25) is 0 Å². The Hall–Kier alpha value is -1.56. The maximum atomic E-state index is 12.0. The Labute approximate surface area is 123 Å². The Balaban J connectivity index is 2.48. The van der Waals surface area contributed by atoms with Crippen molar-refractivity contribution in [3.8, 4) is 0 Å². The molecule has 0 spiro atoms. The van der Waals surface area contributed by atoms with E-state index in [2.05, 4.69) is 5.32 Å². The molecule has 1 aromatic rings. The predicted molar refractivity (Wildman–Crippen MR) is 80.1 cm³/mol. The Bertz CT molecular complexity index is 434. The average Bonchev–Trinajstić information content (AvgIpc) is 2.93. The lowest BCUT2D eigenvalue weighted by Gasteiger charge is -2.24. The van der Waals surface area contributed by atoms with Crippen LogP contribution in [0.15, 0.2) is 17.5 Å². The summed E-state index contributed by atoms with van der Waals surface area (Å²) in [6.45, 7) is 4.30. The summed E-state index contributed by atoms with van der Waals surface area (Å²) < 4.78 is 0. The zero-order chi connectivity index (χ0) is 15.1. The van der Waals surface area contributed by atoms with Crippen molar-refractivity contribution in [3.05, 3.63) is 22.4 Å². The Kier molecular flexibility index (Phi) is 6.51. The number of nitrogens with zero attached hydrogens (tertiary/aromatic N) is 1. The van der Waals surface area contributed by atoms with Crippen LogP contribution in [0, 0.1) is 5.92 Å². The molecule has 0 aliphatic rings. The van der Waals surface area contributed by atoms with Gasteiger partial charge in [0.15, 0.2) is 0 Å². The van der Waals surface area contributed by atoms with E-state index in [0.717, 1.165) is 6.42 Å². The number of amides is 2. The minimum Gasteiger partial charge on any atom is -0.480 e. The molecule has 2 amide bonds. The molecule has 0 aliphatic heterocycles. The van der Waals surface area contributed by atoms with Crippen LogP contribution >= 0.6 is 11.3 Å². The summed E-state index contributed by atoms with van der Waals surface area (Å²) in [6, 6.07) is 2.82. The molecular weight excluding hydrogens is 276 g/mol. The zero-order valence-corrected chi connectivity index (χ0v) is 12.9.